The monoisotopic (exact) mass is 452 g/mol. The Balaban J connectivity index is 2.38. The molecule has 0 saturated carbocycles. The first-order valence-corrected chi connectivity index (χ1v) is 10.4. The number of nitrogens with one attached hydrogen (secondary N) is 1. The van der Waals surface area contributed by atoms with E-state index in [4.69, 9.17) is 9.47 Å². The normalized spacial score (nSPS) is 11.6. The number of esters is 2. The van der Waals surface area contributed by atoms with Gasteiger partial charge >= 0.3 is 17.6 Å². The molecule has 12 heteroatoms. The first-order chi connectivity index (χ1) is 14.6. The van der Waals surface area contributed by atoms with Crippen molar-refractivity contribution < 1.29 is 28.8 Å². The van der Waals surface area contributed by atoms with Crippen molar-refractivity contribution in [1.29, 1.82) is 0 Å². The fourth-order valence-corrected chi connectivity index (χ4v) is 3.91. The Bertz CT molecular complexity index is 1010. The summed E-state index contributed by atoms with van der Waals surface area (Å²) >= 11 is 0.906. The fraction of sp³-hybridized carbons (Fsp3) is 0.474. The number of anilines is 1. The number of ether oxygens (including phenoxy) is 2. The molecule has 2 aromatic rings. The molecular weight excluding hydrogens is 428 g/mol. The van der Waals surface area contributed by atoms with E-state index >= 15 is 0 Å². The molecule has 31 heavy (non-hydrogen) atoms. The average Bonchev–Trinajstić information content (AvgIpc) is 3.25. The molecule has 0 spiro atoms. The lowest BCUT2D eigenvalue weighted by atomic mass is 10.1. The first-order valence-electron chi connectivity index (χ1n) is 9.60. The summed E-state index contributed by atoms with van der Waals surface area (Å²) in [6.45, 7) is 8.41. The van der Waals surface area contributed by atoms with Gasteiger partial charge in [0.05, 0.1) is 23.7 Å². The van der Waals surface area contributed by atoms with Crippen molar-refractivity contribution in [2.24, 2.45) is 0 Å². The molecule has 0 radical (unpaired) electrons. The number of aromatic nitrogens is 2. The lowest BCUT2D eigenvalue weighted by molar-refractivity contribution is -0.385. The molecular formula is C19H24N4O7S. The Kier molecular flexibility index (Phi) is 7.86. The summed E-state index contributed by atoms with van der Waals surface area (Å²) < 4.78 is 11.4. The number of hydrogen-bond acceptors (Lipinski definition) is 9. The maximum Gasteiger partial charge on any atom is 0.348 e. The van der Waals surface area contributed by atoms with Crippen molar-refractivity contribution in [2.75, 3.05) is 18.5 Å². The van der Waals surface area contributed by atoms with Gasteiger partial charge in [-0.05, 0) is 39.7 Å². The molecule has 0 fully saturated rings. The lowest BCUT2D eigenvalue weighted by Crippen LogP contribution is -2.25. The quantitative estimate of drug-likeness (QED) is 0.346. The summed E-state index contributed by atoms with van der Waals surface area (Å²) in [5, 5.41) is 17.7. The summed E-state index contributed by atoms with van der Waals surface area (Å²) in [5.74, 6) is -1.84. The SMILES string of the molecule is CCCOC(=O)c1c(NC(=O)C(C)n2ncc([N+](=O)[O-])c2C)sc(C(=O)OCC)c1C. The molecule has 0 aliphatic rings. The van der Waals surface area contributed by atoms with E-state index in [-0.39, 0.29) is 40.0 Å². The molecule has 0 saturated heterocycles. The molecule has 1 unspecified atom stereocenters. The summed E-state index contributed by atoms with van der Waals surface area (Å²) in [6, 6.07) is -0.915. The van der Waals surface area contributed by atoms with Crippen molar-refractivity contribution in [3.63, 3.8) is 0 Å². The summed E-state index contributed by atoms with van der Waals surface area (Å²) in [7, 11) is 0. The molecule has 1 amide bonds. The molecule has 2 aromatic heterocycles. The van der Waals surface area contributed by atoms with Gasteiger partial charge in [0.1, 0.15) is 27.8 Å². The van der Waals surface area contributed by atoms with Crippen LogP contribution in [0, 0.1) is 24.0 Å². The van der Waals surface area contributed by atoms with Crippen LogP contribution in [0.15, 0.2) is 6.20 Å². The highest BCUT2D eigenvalue weighted by molar-refractivity contribution is 7.18. The van der Waals surface area contributed by atoms with Crippen molar-refractivity contribution >= 4 is 39.9 Å². The minimum absolute atomic E-state index is 0.0743. The Morgan fingerprint density at radius 2 is 1.94 bits per heavy atom. The van der Waals surface area contributed by atoms with Crippen LogP contribution < -0.4 is 5.32 Å². The Hall–Kier alpha value is -3.28. The fourth-order valence-electron chi connectivity index (χ4n) is 2.82. The Morgan fingerprint density at radius 3 is 2.48 bits per heavy atom. The summed E-state index contributed by atoms with van der Waals surface area (Å²) in [6.07, 6.45) is 1.68. The molecule has 2 heterocycles. The maximum atomic E-state index is 12.8. The molecule has 1 atom stereocenters. The van der Waals surface area contributed by atoms with Gasteiger partial charge in [0, 0.05) is 0 Å². The number of carbonyl (C=O) groups excluding carboxylic acids is 3. The number of thiophene rings is 1. The van der Waals surface area contributed by atoms with Gasteiger partial charge in [-0.15, -0.1) is 11.3 Å². The maximum absolute atomic E-state index is 12.8. The van der Waals surface area contributed by atoms with Gasteiger partial charge in [-0.1, -0.05) is 6.92 Å². The van der Waals surface area contributed by atoms with Crippen molar-refractivity contribution in [1.82, 2.24) is 9.78 Å². The Labute approximate surface area is 182 Å². The topological polar surface area (TPSA) is 143 Å². The zero-order valence-electron chi connectivity index (χ0n) is 17.9. The van der Waals surface area contributed by atoms with Gasteiger partial charge in [0.25, 0.3) is 0 Å². The molecule has 0 aliphatic heterocycles. The number of amides is 1. The minimum Gasteiger partial charge on any atom is -0.462 e. The van der Waals surface area contributed by atoms with E-state index in [1.807, 2.05) is 6.92 Å². The van der Waals surface area contributed by atoms with Gasteiger partial charge in [0.2, 0.25) is 5.91 Å². The van der Waals surface area contributed by atoms with Crippen LogP contribution in [0.25, 0.3) is 0 Å². The second kappa shape index (κ2) is 10.2. The van der Waals surface area contributed by atoms with Crippen LogP contribution in [0.1, 0.15) is 64.5 Å². The van der Waals surface area contributed by atoms with E-state index in [1.165, 1.54) is 18.5 Å². The van der Waals surface area contributed by atoms with Crippen LogP contribution in [0.5, 0.6) is 0 Å². The predicted molar refractivity (Wildman–Crippen MR) is 113 cm³/mol. The molecule has 0 aliphatic carbocycles. The lowest BCUT2D eigenvalue weighted by Gasteiger charge is -2.14. The highest BCUT2D eigenvalue weighted by atomic mass is 32.1. The third-order valence-electron chi connectivity index (χ3n) is 4.45. The number of hydrogen-bond donors (Lipinski definition) is 1. The predicted octanol–water partition coefficient (Wildman–Crippen LogP) is 3.41. The van der Waals surface area contributed by atoms with Crippen LogP contribution in [0.2, 0.25) is 0 Å². The molecule has 2 rings (SSSR count). The number of nitro groups is 1. The van der Waals surface area contributed by atoms with Gasteiger partial charge < -0.3 is 14.8 Å². The van der Waals surface area contributed by atoms with Crippen LogP contribution >= 0.6 is 11.3 Å². The third-order valence-corrected chi connectivity index (χ3v) is 5.63. The smallest absolute Gasteiger partial charge is 0.348 e. The molecule has 0 bridgehead atoms. The van der Waals surface area contributed by atoms with E-state index < -0.39 is 28.8 Å². The highest BCUT2D eigenvalue weighted by Crippen LogP contribution is 2.35. The standard InChI is InChI=1S/C19H24N4O7S/c1-6-8-30-18(25)14-10(3)15(19(26)29-7-2)31-17(14)21-16(24)12(5)22-11(4)13(9-20-22)23(27)28/h9,12H,6-8H2,1-5H3,(H,21,24). The van der Waals surface area contributed by atoms with Crippen LogP contribution in [0.4, 0.5) is 10.7 Å². The second-order valence-corrected chi connectivity index (χ2v) is 7.62. The van der Waals surface area contributed by atoms with E-state index in [1.54, 1.807) is 13.8 Å². The zero-order valence-corrected chi connectivity index (χ0v) is 18.7. The summed E-state index contributed by atoms with van der Waals surface area (Å²) in [5.41, 5.74) is 0.425. The van der Waals surface area contributed by atoms with E-state index in [0.717, 1.165) is 17.5 Å². The number of carbonyl (C=O) groups is 3. The summed E-state index contributed by atoms with van der Waals surface area (Å²) in [4.78, 5) is 48.3. The average molecular weight is 452 g/mol. The van der Waals surface area contributed by atoms with Gasteiger partial charge in [-0.3, -0.25) is 19.6 Å². The third kappa shape index (κ3) is 5.08. The first kappa shape index (κ1) is 24.0. The van der Waals surface area contributed by atoms with Crippen LogP contribution in [0.3, 0.4) is 0 Å². The van der Waals surface area contributed by atoms with Crippen molar-refractivity contribution in [3.05, 3.63) is 38.0 Å². The number of nitrogens with zero attached hydrogens (tertiary/aromatic N) is 3. The van der Waals surface area contributed by atoms with E-state index in [0.29, 0.717) is 12.0 Å². The van der Waals surface area contributed by atoms with Crippen molar-refractivity contribution in [2.45, 2.75) is 47.1 Å². The number of rotatable bonds is 9. The van der Waals surface area contributed by atoms with Crippen LogP contribution in [-0.4, -0.2) is 45.8 Å². The zero-order chi connectivity index (χ0) is 23.3. The largest absolute Gasteiger partial charge is 0.462 e. The van der Waals surface area contributed by atoms with E-state index in [9.17, 15) is 24.5 Å². The molecule has 0 aromatic carbocycles. The molecule has 168 valence electrons. The second-order valence-electron chi connectivity index (χ2n) is 6.60. The Morgan fingerprint density at radius 1 is 1.26 bits per heavy atom. The van der Waals surface area contributed by atoms with Crippen LogP contribution in [-0.2, 0) is 14.3 Å². The molecule has 11 nitrogen and oxygen atoms in total. The van der Waals surface area contributed by atoms with Gasteiger partial charge in [0.15, 0.2) is 0 Å². The highest BCUT2D eigenvalue weighted by Gasteiger charge is 2.30. The van der Waals surface area contributed by atoms with E-state index in [2.05, 4.69) is 10.4 Å². The van der Waals surface area contributed by atoms with Gasteiger partial charge in [-0.2, -0.15) is 5.10 Å². The minimum atomic E-state index is -0.915. The molecule has 1 N–H and O–H groups in total. The van der Waals surface area contributed by atoms with Gasteiger partial charge in [-0.25, -0.2) is 9.59 Å². The van der Waals surface area contributed by atoms with Crippen molar-refractivity contribution in [3.8, 4) is 0 Å².